The van der Waals surface area contributed by atoms with Gasteiger partial charge in [0.05, 0.1) is 10.9 Å². The molecule has 0 atom stereocenters. The number of hydrogen-bond donors (Lipinski definition) is 1. The van der Waals surface area contributed by atoms with Gasteiger partial charge in [-0.05, 0) is 28.1 Å². The van der Waals surface area contributed by atoms with Crippen LogP contribution in [0.15, 0.2) is 16.6 Å². The summed E-state index contributed by atoms with van der Waals surface area (Å²) in [5.74, 6) is -1.78. The fourth-order valence-corrected chi connectivity index (χ4v) is 1.69. The lowest BCUT2D eigenvalue weighted by Gasteiger charge is -2.04. The molecule has 5 heteroatoms. The molecule has 0 heterocycles. The smallest absolute Gasteiger partial charge is 0.178 e. The summed E-state index contributed by atoms with van der Waals surface area (Å²) in [5.41, 5.74) is -0.0307. The van der Waals surface area contributed by atoms with Gasteiger partial charge in [-0.1, -0.05) is 15.9 Å². The van der Waals surface area contributed by atoms with E-state index in [4.69, 9.17) is 0 Å². The third kappa shape index (κ3) is 2.08. The minimum atomic E-state index is -0.799. The fourth-order valence-electron chi connectivity index (χ4n) is 0.873. The quantitative estimate of drug-likeness (QED) is 0.673. The molecule has 0 spiro atoms. The molecule has 0 fully saturated rings. The molecule has 1 aromatic rings. The Morgan fingerprint density at radius 1 is 1.54 bits per heavy atom. The molecule has 0 radical (unpaired) electrons. The van der Waals surface area contributed by atoms with E-state index in [1.165, 1.54) is 6.07 Å². The third-order valence-electron chi connectivity index (χ3n) is 1.48. The number of rotatable bonds is 2. The van der Waals surface area contributed by atoms with Crippen molar-refractivity contribution in [2.75, 3.05) is 5.33 Å². The standard InChI is InChI=1S/C8H5Br2FO2/c9-3-6(12)7-4(10)1-2-5(11)8(7)13/h1-2,13H,3H2. The van der Waals surface area contributed by atoms with Gasteiger partial charge in [0.2, 0.25) is 0 Å². The van der Waals surface area contributed by atoms with Gasteiger partial charge in [-0.25, -0.2) is 4.39 Å². The first-order valence-corrected chi connectivity index (χ1v) is 5.25. The van der Waals surface area contributed by atoms with Gasteiger partial charge >= 0.3 is 0 Å². The van der Waals surface area contributed by atoms with Crippen molar-refractivity contribution in [1.29, 1.82) is 0 Å². The van der Waals surface area contributed by atoms with Gasteiger partial charge in [0.15, 0.2) is 17.3 Å². The SMILES string of the molecule is O=C(CBr)c1c(Br)ccc(F)c1O. The van der Waals surface area contributed by atoms with E-state index in [1.54, 1.807) is 0 Å². The summed E-state index contributed by atoms with van der Waals surface area (Å²) in [6.07, 6.45) is 0. The molecule has 0 amide bonds. The number of ketones is 1. The zero-order valence-corrected chi connectivity index (χ0v) is 9.52. The van der Waals surface area contributed by atoms with E-state index in [2.05, 4.69) is 31.9 Å². The molecule has 0 unspecified atom stereocenters. The van der Waals surface area contributed by atoms with Crippen LogP contribution in [-0.4, -0.2) is 16.2 Å². The van der Waals surface area contributed by atoms with Gasteiger partial charge in [-0.2, -0.15) is 0 Å². The van der Waals surface area contributed by atoms with Crippen LogP contribution in [0, 0.1) is 5.82 Å². The van der Waals surface area contributed by atoms with Gasteiger partial charge < -0.3 is 5.11 Å². The summed E-state index contributed by atoms with van der Waals surface area (Å²) in [6.45, 7) is 0. The van der Waals surface area contributed by atoms with Crippen LogP contribution in [0.25, 0.3) is 0 Å². The Kier molecular flexibility index (Phi) is 3.44. The summed E-state index contributed by atoms with van der Waals surface area (Å²) in [7, 11) is 0. The van der Waals surface area contributed by atoms with Crippen molar-refractivity contribution in [2.24, 2.45) is 0 Å². The zero-order valence-electron chi connectivity index (χ0n) is 6.35. The second kappa shape index (κ2) is 4.19. The number of Topliss-reactive ketones (excluding diaryl/α,β-unsaturated/α-hetero) is 1. The maximum absolute atomic E-state index is 12.8. The number of carbonyl (C=O) groups is 1. The predicted octanol–water partition coefficient (Wildman–Crippen LogP) is 2.87. The van der Waals surface area contributed by atoms with Gasteiger partial charge in [0.1, 0.15) is 0 Å². The average molecular weight is 312 g/mol. The van der Waals surface area contributed by atoms with E-state index in [0.29, 0.717) is 4.47 Å². The number of carbonyl (C=O) groups excluding carboxylic acids is 1. The Labute approximate surface area is 91.0 Å². The molecule has 0 saturated carbocycles. The molecule has 1 rings (SSSR count). The molecule has 2 nitrogen and oxygen atoms in total. The van der Waals surface area contributed by atoms with Crippen molar-refractivity contribution in [3.05, 3.63) is 28.0 Å². The Hall–Kier alpha value is -0.420. The molecule has 0 aliphatic carbocycles. The van der Waals surface area contributed by atoms with Crippen molar-refractivity contribution < 1.29 is 14.3 Å². The predicted molar refractivity (Wildman–Crippen MR) is 53.9 cm³/mol. The first-order valence-electron chi connectivity index (χ1n) is 3.34. The van der Waals surface area contributed by atoms with Gasteiger partial charge in [0.25, 0.3) is 0 Å². The van der Waals surface area contributed by atoms with E-state index < -0.39 is 11.6 Å². The van der Waals surface area contributed by atoms with Crippen LogP contribution in [0.3, 0.4) is 0 Å². The molecular formula is C8H5Br2FO2. The number of halogens is 3. The van der Waals surface area contributed by atoms with Crippen LogP contribution < -0.4 is 0 Å². The van der Waals surface area contributed by atoms with Gasteiger partial charge in [-0.3, -0.25) is 4.79 Å². The minimum Gasteiger partial charge on any atom is -0.504 e. The van der Waals surface area contributed by atoms with Crippen LogP contribution in [-0.2, 0) is 0 Å². The van der Waals surface area contributed by atoms with Crippen molar-refractivity contribution in [3.8, 4) is 5.75 Å². The van der Waals surface area contributed by atoms with E-state index >= 15 is 0 Å². The highest BCUT2D eigenvalue weighted by molar-refractivity contribution is 9.10. The molecule has 1 aromatic carbocycles. The number of aromatic hydroxyl groups is 1. The van der Waals surface area contributed by atoms with E-state index in [0.717, 1.165) is 6.07 Å². The van der Waals surface area contributed by atoms with E-state index in [-0.39, 0.29) is 16.7 Å². The van der Waals surface area contributed by atoms with Crippen molar-refractivity contribution in [1.82, 2.24) is 0 Å². The third-order valence-corrected chi connectivity index (χ3v) is 2.65. The number of hydrogen-bond acceptors (Lipinski definition) is 2. The monoisotopic (exact) mass is 310 g/mol. The number of benzene rings is 1. The lowest BCUT2D eigenvalue weighted by atomic mass is 10.1. The number of phenols is 1. The summed E-state index contributed by atoms with van der Waals surface area (Å²) < 4.78 is 13.2. The Morgan fingerprint density at radius 2 is 2.15 bits per heavy atom. The second-order valence-electron chi connectivity index (χ2n) is 2.31. The highest BCUT2D eigenvalue weighted by Gasteiger charge is 2.17. The first-order chi connectivity index (χ1) is 6.07. The van der Waals surface area contributed by atoms with Crippen molar-refractivity contribution in [2.45, 2.75) is 0 Å². The van der Waals surface area contributed by atoms with E-state index in [9.17, 15) is 14.3 Å². The van der Waals surface area contributed by atoms with Crippen LogP contribution in [0.1, 0.15) is 10.4 Å². The molecule has 1 N–H and O–H groups in total. The molecule has 70 valence electrons. The van der Waals surface area contributed by atoms with Crippen LogP contribution in [0.2, 0.25) is 0 Å². The normalized spacial score (nSPS) is 10.1. The zero-order chi connectivity index (χ0) is 10.0. The molecule has 0 aliphatic heterocycles. The highest BCUT2D eigenvalue weighted by atomic mass is 79.9. The minimum absolute atomic E-state index is 0.0307. The Morgan fingerprint density at radius 3 is 2.69 bits per heavy atom. The fraction of sp³-hybridized carbons (Fsp3) is 0.125. The summed E-state index contributed by atoms with van der Waals surface area (Å²) in [4.78, 5) is 11.2. The molecule has 0 bridgehead atoms. The van der Waals surface area contributed by atoms with Gasteiger partial charge in [0, 0.05) is 4.47 Å². The lowest BCUT2D eigenvalue weighted by Crippen LogP contribution is -2.02. The maximum atomic E-state index is 12.8. The topological polar surface area (TPSA) is 37.3 Å². The number of phenolic OH excluding ortho intramolecular Hbond substituents is 1. The van der Waals surface area contributed by atoms with Crippen LogP contribution >= 0.6 is 31.9 Å². The summed E-state index contributed by atoms with van der Waals surface area (Å²) in [5, 5.41) is 9.28. The first kappa shape index (κ1) is 10.7. The second-order valence-corrected chi connectivity index (χ2v) is 3.72. The van der Waals surface area contributed by atoms with Gasteiger partial charge in [-0.15, -0.1) is 0 Å². The molecule has 0 aliphatic rings. The molecular weight excluding hydrogens is 307 g/mol. The maximum Gasteiger partial charge on any atom is 0.178 e. The van der Waals surface area contributed by atoms with Crippen molar-refractivity contribution >= 4 is 37.6 Å². The molecule has 13 heavy (non-hydrogen) atoms. The Balaban J connectivity index is 3.33. The largest absolute Gasteiger partial charge is 0.504 e. The molecule has 0 saturated heterocycles. The van der Waals surface area contributed by atoms with Crippen LogP contribution in [0.5, 0.6) is 5.75 Å². The van der Waals surface area contributed by atoms with Crippen molar-refractivity contribution in [3.63, 3.8) is 0 Å². The number of alkyl halides is 1. The molecule has 0 aromatic heterocycles. The summed E-state index contributed by atoms with van der Waals surface area (Å²) in [6, 6.07) is 2.47. The lowest BCUT2D eigenvalue weighted by molar-refractivity contribution is 0.101. The van der Waals surface area contributed by atoms with E-state index in [1.807, 2.05) is 0 Å². The Bertz CT molecular complexity index is 352. The highest BCUT2D eigenvalue weighted by Crippen LogP contribution is 2.29. The van der Waals surface area contributed by atoms with Crippen LogP contribution in [0.4, 0.5) is 4.39 Å². The summed E-state index contributed by atoms with van der Waals surface area (Å²) >= 11 is 5.99. The average Bonchev–Trinajstić information content (AvgIpc) is 2.12.